The van der Waals surface area contributed by atoms with E-state index in [1.165, 1.54) is 29.1 Å². The van der Waals surface area contributed by atoms with Gasteiger partial charge < -0.3 is 21.3 Å². The minimum absolute atomic E-state index is 0.200. The van der Waals surface area contributed by atoms with E-state index in [1.54, 1.807) is 14.1 Å². The maximum absolute atomic E-state index is 12.2. The molecule has 0 saturated heterocycles. The third kappa shape index (κ3) is 3.12. The van der Waals surface area contributed by atoms with Crippen LogP contribution in [-0.2, 0) is 0 Å². The van der Waals surface area contributed by atoms with Crippen molar-refractivity contribution in [1.29, 1.82) is 0 Å². The first-order valence-electron chi connectivity index (χ1n) is 7.05. The minimum atomic E-state index is -0.578. The quantitative estimate of drug-likeness (QED) is 0.830. The number of thiophene rings is 1. The van der Waals surface area contributed by atoms with Crippen molar-refractivity contribution < 1.29 is 9.59 Å². The second-order valence-electron chi connectivity index (χ2n) is 5.57. The van der Waals surface area contributed by atoms with Crippen LogP contribution in [0.15, 0.2) is 0 Å². The van der Waals surface area contributed by atoms with Crippen LogP contribution < -0.4 is 16.4 Å². The monoisotopic (exact) mass is 310 g/mol. The second kappa shape index (κ2) is 5.93. The molecule has 21 heavy (non-hydrogen) atoms. The Hall–Kier alpha value is -1.76. The van der Waals surface area contributed by atoms with E-state index >= 15 is 0 Å². The van der Waals surface area contributed by atoms with Gasteiger partial charge in [-0.15, -0.1) is 11.3 Å². The average molecular weight is 310 g/mol. The van der Waals surface area contributed by atoms with Crippen LogP contribution in [0.4, 0.5) is 10.7 Å². The third-order valence-electron chi connectivity index (χ3n) is 3.62. The van der Waals surface area contributed by atoms with Crippen molar-refractivity contribution in [3.05, 3.63) is 10.4 Å². The van der Waals surface area contributed by atoms with Crippen LogP contribution in [0.5, 0.6) is 0 Å². The van der Waals surface area contributed by atoms with Gasteiger partial charge in [-0.3, -0.25) is 9.59 Å². The highest BCUT2D eigenvalue weighted by Crippen LogP contribution is 2.40. The van der Waals surface area contributed by atoms with E-state index in [9.17, 15) is 9.59 Å². The lowest BCUT2D eigenvalue weighted by Crippen LogP contribution is -2.27. The van der Waals surface area contributed by atoms with E-state index in [2.05, 4.69) is 4.90 Å². The molecule has 0 radical (unpaired) electrons. The first-order chi connectivity index (χ1) is 9.86. The van der Waals surface area contributed by atoms with Gasteiger partial charge in [0.2, 0.25) is 0 Å². The summed E-state index contributed by atoms with van der Waals surface area (Å²) in [6, 6.07) is 0. The molecule has 6 nitrogen and oxygen atoms in total. The van der Waals surface area contributed by atoms with Gasteiger partial charge in [0, 0.05) is 27.2 Å². The van der Waals surface area contributed by atoms with Crippen molar-refractivity contribution in [3.63, 3.8) is 0 Å². The summed E-state index contributed by atoms with van der Waals surface area (Å²) in [7, 11) is 3.32. The van der Waals surface area contributed by atoms with E-state index in [0.29, 0.717) is 10.8 Å². The van der Waals surface area contributed by atoms with E-state index in [1.807, 2.05) is 6.92 Å². The summed E-state index contributed by atoms with van der Waals surface area (Å²) in [5, 5.41) is 0.722. The van der Waals surface area contributed by atoms with E-state index in [0.717, 1.165) is 18.1 Å². The molecule has 2 amide bonds. The highest BCUT2D eigenvalue weighted by molar-refractivity contribution is 7.19. The van der Waals surface area contributed by atoms with Crippen LogP contribution in [0.2, 0.25) is 0 Å². The number of nitrogen functional groups attached to an aromatic ring is 1. The number of nitrogens with zero attached hydrogens (tertiary/aromatic N) is 2. The normalized spacial score (nSPS) is 14.0. The van der Waals surface area contributed by atoms with Gasteiger partial charge in [-0.2, -0.15) is 0 Å². The van der Waals surface area contributed by atoms with Crippen molar-refractivity contribution in [2.75, 3.05) is 37.8 Å². The molecule has 1 aromatic rings. The van der Waals surface area contributed by atoms with Crippen molar-refractivity contribution in [3.8, 4) is 0 Å². The Morgan fingerprint density at radius 1 is 1.33 bits per heavy atom. The zero-order valence-electron chi connectivity index (χ0n) is 12.7. The van der Waals surface area contributed by atoms with Crippen LogP contribution in [0.1, 0.15) is 39.8 Å². The number of primary amides is 1. The molecular formula is C14H22N4O2S. The zero-order valence-corrected chi connectivity index (χ0v) is 13.5. The summed E-state index contributed by atoms with van der Waals surface area (Å²) >= 11 is 1.26. The van der Waals surface area contributed by atoms with Gasteiger partial charge in [-0.25, -0.2) is 0 Å². The Balaban J connectivity index is 2.45. The van der Waals surface area contributed by atoms with E-state index in [-0.39, 0.29) is 17.2 Å². The van der Waals surface area contributed by atoms with Crippen LogP contribution in [0.25, 0.3) is 0 Å². The predicted molar refractivity (Wildman–Crippen MR) is 85.9 cm³/mol. The summed E-state index contributed by atoms with van der Waals surface area (Å²) < 4.78 is 0. The number of carbonyl (C=O) groups is 2. The summed E-state index contributed by atoms with van der Waals surface area (Å²) in [4.78, 5) is 27.9. The van der Waals surface area contributed by atoms with Crippen LogP contribution >= 0.6 is 11.3 Å². The van der Waals surface area contributed by atoms with Gasteiger partial charge in [0.1, 0.15) is 9.88 Å². The van der Waals surface area contributed by atoms with Crippen LogP contribution in [-0.4, -0.2) is 43.9 Å². The Bertz CT molecular complexity index is 564. The van der Waals surface area contributed by atoms with Gasteiger partial charge in [-0.05, 0) is 25.7 Å². The lowest BCUT2D eigenvalue weighted by molar-refractivity contribution is 0.0833. The van der Waals surface area contributed by atoms with Gasteiger partial charge >= 0.3 is 0 Å². The third-order valence-corrected chi connectivity index (χ3v) is 4.87. The van der Waals surface area contributed by atoms with Gasteiger partial charge in [0.25, 0.3) is 11.8 Å². The molecule has 0 atom stereocenters. The highest BCUT2D eigenvalue weighted by Gasteiger charge is 2.30. The van der Waals surface area contributed by atoms with Crippen molar-refractivity contribution in [1.82, 2.24) is 4.90 Å². The molecule has 0 spiro atoms. The molecule has 0 aromatic carbocycles. The molecule has 1 fully saturated rings. The minimum Gasteiger partial charge on any atom is -0.397 e. The molecular weight excluding hydrogens is 288 g/mol. The Morgan fingerprint density at radius 2 is 1.95 bits per heavy atom. The topological polar surface area (TPSA) is 92.7 Å². The van der Waals surface area contributed by atoms with E-state index in [4.69, 9.17) is 11.5 Å². The van der Waals surface area contributed by atoms with E-state index < -0.39 is 5.91 Å². The molecule has 0 aliphatic heterocycles. The first-order valence-corrected chi connectivity index (χ1v) is 7.87. The lowest BCUT2D eigenvalue weighted by Gasteiger charge is -2.22. The van der Waals surface area contributed by atoms with Gasteiger partial charge in [-0.1, -0.05) is 0 Å². The fourth-order valence-electron chi connectivity index (χ4n) is 2.22. The number of anilines is 2. The van der Waals surface area contributed by atoms with Crippen molar-refractivity contribution >= 4 is 33.8 Å². The Kier molecular flexibility index (Phi) is 4.41. The molecule has 1 heterocycles. The fourth-order valence-corrected chi connectivity index (χ4v) is 3.54. The molecule has 1 aromatic heterocycles. The molecule has 7 heteroatoms. The zero-order chi connectivity index (χ0) is 15.7. The molecule has 1 aliphatic carbocycles. The number of amides is 2. The molecule has 4 N–H and O–H groups in total. The summed E-state index contributed by atoms with van der Waals surface area (Å²) in [6.45, 7) is 3.66. The number of carbonyl (C=O) groups excluding carboxylic acids is 2. The average Bonchev–Trinajstić information content (AvgIpc) is 3.17. The number of nitrogens with two attached hydrogens (primary N) is 2. The summed E-state index contributed by atoms with van der Waals surface area (Å²) in [5.74, 6) is -0.110. The maximum Gasteiger partial charge on any atom is 0.265 e. The number of hydrogen-bond donors (Lipinski definition) is 2. The SMILES string of the molecule is CCN(CC1CC1)c1sc(C(=O)N(C)C)c(N)c1C(N)=O. The molecule has 1 saturated carbocycles. The predicted octanol–water partition coefficient (Wildman–Crippen LogP) is 1.37. The molecule has 0 bridgehead atoms. The summed E-state index contributed by atoms with van der Waals surface area (Å²) in [6.07, 6.45) is 2.43. The maximum atomic E-state index is 12.2. The molecule has 0 unspecified atom stereocenters. The molecule has 2 rings (SSSR count). The van der Waals surface area contributed by atoms with Gasteiger partial charge in [0.05, 0.1) is 11.3 Å². The smallest absolute Gasteiger partial charge is 0.265 e. The standard InChI is InChI=1S/C14H22N4O2S/c1-4-18(7-8-5-6-8)14-9(12(16)19)10(15)11(21-14)13(20)17(2)3/h8H,4-7,15H2,1-3H3,(H2,16,19). The van der Waals surface area contributed by atoms with Crippen molar-refractivity contribution in [2.45, 2.75) is 19.8 Å². The van der Waals surface area contributed by atoms with Crippen LogP contribution in [0, 0.1) is 5.92 Å². The Labute approximate surface area is 128 Å². The highest BCUT2D eigenvalue weighted by atomic mass is 32.1. The fraction of sp³-hybridized carbons (Fsp3) is 0.571. The van der Waals surface area contributed by atoms with Crippen molar-refractivity contribution in [2.24, 2.45) is 11.7 Å². The Morgan fingerprint density at radius 3 is 2.38 bits per heavy atom. The largest absolute Gasteiger partial charge is 0.397 e. The van der Waals surface area contributed by atoms with Gasteiger partial charge in [0.15, 0.2) is 0 Å². The molecule has 1 aliphatic rings. The second-order valence-corrected chi connectivity index (χ2v) is 6.57. The lowest BCUT2D eigenvalue weighted by atomic mass is 10.2. The summed E-state index contributed by atoms with van der Waals surface area (Å²) in [5.41, 5.74) is 12.0. The number of rotatable bonds is 6. The number of hydrogen-bond acceptors (Lipinski definition) is 5. The first kappa shape index (κ1) is 15.6. The van der Waals surface area contributed by atoms with Crippen LogP contribution in [0.3, 0.4) is 0 Å². The molecule has 116 valence electrons.